The smallest absolute Gasteiger partial charge is 0.407 e. The predicted molar refractivity (Wildman–Crippen MR) is 184 cm³/mol. The molecule has 14 heteroatoms. The third kappa shape index (κ3) is 6.94. The van der Waals surface area contributed by atoms with Gasteiger partial charge in [-0.1, -0.05) is 43.2 Å². The molecule has 4 amide bonds. The Balaban J connectivity index is 1.21. The highest BCUT2D eigenvalue weighted by Crippen LogP contribution is 2.45. The molecule has 2 aliphatic heterocycles. The number of pyridine rings is 1. The van der Waals surface area contributed by atoms with Crippen LogP contribution in [0, 0.1) is 11.8 Å². The van der Waals surface area contributed by atoms with E-state index in [1.54, 1.807) is 6.20 Å². The van der Waals surface area contributed by atoms with E-state index < -0.39 is 68.7 Å². The second-order valence-corrected chi connectivity index (χ2v) is 16.1. The Labute approximate surface area is 291 Å². The maximum atomic E-state index is 14.5. The molecule has 7 rings (SSSR count). The fourth-order valence-electron chi connectivity index (χ4n) is 7.51. The van der Waals surface area contributed by atoms with E-state index in [1.807, 2.05) is 36.4 Å². The molecular weight excluding hydrogens is 662 g/mol. The molecule has 4 fully saturated rings. The number of nitrogens with one attached hydrogen (secondary N) is 3. The largest absolute Gasteiger partial charge is 0.472 e. The molecule has 5 atom stereocenters. The maximum absolute atomic E-state index is 14.5. The van der Waals surface area contributed by atoms with Crippen LogP contribution in [0.5, 0.6) is 5.88 Å². The molecule has 266 valence electrons. The Morgan fingerprint density at radius 3 is 2.64 bits per heavy atom. The van der Waals surface area contributed by atoms with Crippen LogP contribution in [0.15, 0.2) is 49.2 Å². The molecule has 5 aliphatic rings. The molecule has 3 aliphatic carbocycles. The van der Waals surface area contributed by atoms with Crippen molar-refractivity contribution in [3.05, 3.63) is 54.8 Å². The van der Waals surface area contributed by atoms with Crippen LogP contribution in [0.3, 0.4) is 0 Å². The summed E-state index contributed by atoms with van der Waals surface area (Å²) >= 11 is 0. The lowest BCUT2D eigenvalue weighted by molar-refractivity contribution is -0.142. The summed E-state index contributed by atoms with van der Waals surface area (Å²) in [7, 11) is -3.87. The summed E-state index contributed by atoms with van der Waals surface area (Å²) in [5.41, 5.74) is -0.585. The molecule has 1 saturated heterocycles. The van der Waals surface area contributed by atoms with Gasteiger partial charge in [0.2, 0.25) is 27.7 Å². The number of nitrogens with zero attached hydrogens (tertiary/aromatic N) is 2. The molecule has 50 heavy (non-hydrogen) atoms. The van der Waals surface area contributed by atoms with Gasteiger partial charge < -0.3 is 25.0 Å². The lowest BCUT2D eigenvalue weighted by atomic mass is 9.96. The summed E-state index contributed by atoms with van der Waals surface area (Å²) < 4.78 is 39.5. The van der Waals surface area contributed by atoms with Gasteiger partial charge in [-0.15, -0.1) is 6.58 Å². The lowest BCUT2D eigenvalue weighted by Crippen LogP contribution is -2.59. The molecule has 1 aromatic carbocycles. The third-order valence-electron chi connectivity index (χ3n) is 10.6. The van der Waals surface area contributed by atoms with Gasteiger partial charge in [0.15, 0.2) is 0 Å². The number of aromatic nitrogens is 1. The van der Waals surface area contributed by atoms with Gasteiger partial charge in [-0.2, -0.15) is 0 Å². The number of cyclic esters (lactones) is 1. The highest BCUT2D eigenvalue weighted by atomic mass is 32.2. The van der Waals surface area contributed by atoms with Gasteiger partial charge in [0.1, 0.15) is 23.7 Å². The van der Waals surface area contributed by atoms with Crippen LogP contribution in [-0.2, 0) is 29.1 Å². The second kappa shape index (κ2) is 13.7. The first-order valence-electron chi connectivity index (χ1n) is 17.5. The minimum Gasteiger partial charge on any atom is -0.472 e. The average Bonchev–Trinajstić information content (AvgIpc) is 3.97. The second-order valence-electron chi connectivity index (χ2n) is 14.1. The molecule has 3 saturated carbocycles. The molecule has 0 spiro atoms. The Kier molecular flexibility index (Phi) is 9.31. The van der Waals surface area contributed by atoms with Crippen molar-refractivity contribution in [2.24, 2.45) is 11.8 Å². The van der Waals surface area contributed by atoms with E-state index in [1.165, 1.54) is 11.0 Å². The Hall–Kier alpha value is -4.46. The first-order valence-corrected chi connectivity index (χ1v) is 19.1. The molecule has 3 N–H and O–H groups in total. The number of hydrogen-bond acceptors (Lipinski definition) is 9. The van der Waals surface area contributed by atoms with Crippen LogP contribution in [0.4, 0.5) is 4.79 Å². The van der Waals surface area contributed by atoms with E-state index in [0.717, 1.165) is 42.0 Å². The van der Waals surface area contributed by atoms with E-state index in [0.29, 0.717) is 31.6 Å². The monoisotopic (exact) mass is 705 g/mol. The van der Waals surface area contributed by atoms with Crippen molar-refractivity contribution in [3.8, 4) is 5.88 Å². The molecule has 3 heterocycles. The molecular formula is C36H43N5O8S. The number of carbonyl (C=O) groups excluding carboxylic acids is 4. The highest BCUT2D eigenvalue weighted by molar-refractivity contribution is 7.91. The first-order chi connectivity index (χ1) is 24.1. The number of amides is 4. The number of fused-ring (bicyclic) bond motifs is 3. The summed E-state index contributed by atoms with van der Waals surface area (Å²) in [4.78, 5) is 61.1. The standard InChI is InChI=1S/C36H43N5O8S/c1-2-25-20-36(25,34(44)40-50(46,47)27-13-14-27)39-31(42)29-19-26-21-41(29)33(43)30(24-9-5-6-10-24)38-35(45)48-17-7-3-4-8-22-11-12-23-15-16-37-32(49-26)28(23)18-22/h2,4,8,11-12,15-16,18,24-27,29-30H,1,3,5-7,9-10,13-14,17,19-21H2,(H,38,45)(H,39,42)(H,40,44)/t25-,26-,29+,30+,36-/m1/s1. The average molecular weight is 706 g/mol. The Morgan fingerprint density at radius 2 is 1.90 bits per heavy atom. The predicted octanol–water partition coefficient (Wildman–Crippen LogP) is 3.34. The van der Waals surface area contributed by atoms with Gasteiger partial charge >= 0.3 is 6.09 Å². The molecule has 0 unspecified atom stereocenters. The zero-order valence-corrected chi connectivity index (χ0v) is 28.7. The number of allylic oxidation sites excluding steroid dienone is 1. The number of benzene rings is 1. The van der Waals surface area contributed by atoms with Gasteiger partial charge in [-0.05, 0) is 73.9 Å². The van der Waals surface area contributed by atoms with Crippen molar-refractivity contribution in [2.45, 2.75) is 93.2 Å². The van der Waals surface area contributed by atoms with Crippen molar-refractivity contribution >= 4 is 50.7 Å². The van der Waals surface area contributed by atoms with Crippen LogP contribution < -0.4 is 20.1 Å². The number of sulfonamides is 1. The van der Waals surface area contributed by atoms with Crippen LogP contribution in [0.2, 0.25) is 0 Å². The number of carbonyl (C=O) groups is 4. The topological polar surface area (TPSA) is 173 Å². The van der Waals surface area contributed by atoms with Gasteiger partial charge in [0.05, 0.1) is 18.4 Å². The van der Waals surface area contributed by atoms with E-state index in [2.05, 4.69) is 26.9 Å². The number of alkyl carbamates (subject to hydrolysis) is 1. The summed E-state index contributed by atoms with van der Waals surface area (Å²) in [6, 6.07) is 5.80. The number of hydrogen-bond donors (Lipinski definition) is 3. The fourth-order valence-corrected chi connectivity index (χ4v) is 8.88. The maximum Gasteiger partial charge on any atom is 0.407 e. The minimum atomic E-state index is -3.87. The SMILES string of the molecule is C=C[C@@H]1C[C@]1(NC(=O)[C@@H]1C[C@@H]2CN1C(=O)[C@H](C1CCCC1)NC(=O)OCCCC=Cc1ccc3ccnc(c3c1)O2)C(=O)NS(=O)(=O)C1CC1. The molecule has 2 aromatic rings. The van der Waals surface area contributed by atoms with Crippen molar-refractivity contribution in [3.63, 3.8) is 0 Å². The Bertz CT molecular complexity index is 1840. The van der Waals surface area contributed by atoms with Crippen molar-refractivity contribution in [1.29, 1.82) is 0 Å². The van der Waals surface area contributed by atoms with Crippen molar-refractivity contribution in [2.75, 3.05) is 13.2 Å². The van der Waals surface area contributed by atoms with E-state index in [9.17, 15) is 27.6 Å². The van der Waals surface area contributed by atoms with Gasteiger partial charge in [0.25, 0.3) is 5.91 Å². The summed E-state index contributed by atoms with van der Waals surface area (Å²) in [6.45, 7) is 3.97. The normalized spacial score (nSPS) is 29.0. The van der Waals surface area contributed by atoms with Crippen LogP contribution in [0.25, 0.3) is 16.8 Å². The molecule has 1 aromatic heterocycles. The lowest BCUT2D eigenvalue weighted by Gasteiger charge is -2.32. The summed E-state index contributed by atoms with van der Waals surface area (Å²) in [6.07, 6.45) is 11.6. The van der Waals surface area contributed by atoms with Crippen molar-refractivity contribution < 1.29 is 37.1 Å². The number of ether oxygens (including phenoxy) is 2. The van der Waals surface area contributed by atoms with Crippen LogP contribution in [0.1, 0.15) is 69.8 Å². The third-order valence-corrected chi connectivity index (χ3v) is 12.4. The number of rotatable bonds is 7. The highest BCUT2D eigenvalue weighted by Gasteiger charge is 2.62. The van der Waals surface area contributed by atoms with Gasteiger partial charge in [-0.3, -0.25) is 19.1 Å². The minimum absolute atomic E-state index is 0.0225. The summed E-state index contributed by atoms with van der Waals surface area (Å²) in [5, 5.41) is 6.70. The van der Waals surface area contributed by atoms with Crippen molar-refractivity contribution in [1.82, 2.24) is 25.2 Å². The molecule has 13 nitrogen and oxygen atoms in total. The first kappa shape index (κ1) is 34.0. The zero-order valence-electron chi connectivity index (χ0n) is 27.8. The summed E-state index contributed by atoms with van der Waals surface area (Å²) in [5.74, 6) is -2.16. The van der Waals surface area contributed by atoms with E-state index in [4.69, 9.17) is 9.47 Å². The van der Waals surface area contributed by atoms with Gasteiger partial charge in [-0.25, -0.2) is 18.2 Å². The molecule has 4 bridgehead atoms. The zero-order chi connectivity index (χ0) is 35.0. The van der Waals surface area contributed by atoms with Crippen LogP contribution >= 0.6 is 0 Å². The van der Waals surface area contributed by atoms with E-state index >= 15 is 0 Å². The van der Waals surface area contributed by atoms with E-state index in [-0.39, 0.29) is 31.9 Å². The van der Waals surface area contributed by atoms with Crippen LogP contribution in [-0.4, -0.2) is 84.2 Å². The molecule has 0 radical (unpaired) electrons. The Morgan fingerprint density at radius 1 is 1.10 bits per heavy atom. The quantitative estimate of drug-likeness (QED) is 0.365. The fraction of sp³-hybridized carbons (Fsp3) is 0.528. The van der Waals surface area contributed by atoms with Gasteiger partial charge in [0, 0.05) is 23.9 Å².